The van der Waals surface area contributed by atoms with Crippen LogP contribution in [0.5, 0.6) is 0 Å². The average molecular weight is 455 g/mol. The van der Waals surface area contributed by atoms with Gasteiger partial charge in [-0.15, -0.1) is 0 Å². The highest BCUT2D eigenvalue weighted by Crippen LogP contribution is 2.21. The Morgan fingerprint density at radius 2 is 1.76 bits per heavy atom. The third-order valence-electron chi connectivity index (χ3n) is 5.98. The molecule has 9 heteroatoms. The van der Waals surface area contributed by atoms with E-state index in [1.54, 1.807) is 43.3 Å². The van der Waals surface area contributed by atoms with E-state index >= 15 is 0 Å². The second kappa shape index (κ2) is 10.1. The summed E-state index contributed by atoms with van der Waals surface area (Å²) in [5.41, 5.74) is 0.439. The number of hydrogen-bond acceptors (Lipinski definition) is 5. The van der Waals surface area contributed by atoms with Crippen molar-refractivity contribution in [1.29, 1.82) is 0 Å². The zero-order valence-corrected chi connectivity index (χ0v) is 18.5. The summed E-state index contributed by atoms with van der Waals surface area (Å²) in [5.74, 6) is -0.662. The van der Waals surface area contributed by atoms with E-state index in [-0.39, 0.29) is 36.4 Å². The largest absolute Gasteiger partial charge is 0.379 e. The van der Waals surface area contributed by atoms with Crippen LogP contribution in [-0.2, 0) is 22.6 Å². The lowest BCUT2D eigenvalue weighted by atomic mass is 10.0. The molecule has 0 unspecified atom stereocenters. The van der Waals surface area contributed by atoms with Crippen LogP contribution in [0.1, 0.15) is 18.5 Å². The number of hydrogen-bond donors (Lipinski definition) is 1. The molecule has 1 aromatic heterocycles. The summed E-state index contributed by atoms with van der Waals surface area (Å²) in [7, 11) is 0. The topological polar surface area (TPSA) is 85.6 Å². The van der Waals surface area contributed by atoms with Crippen LogP contribution in [0, 0.1) is 5.82 Å². The quantitative estimate of drug-likeness (QED) is 0.585. The zero-order chi connectivity index (χ0) is 23.4. The molecule has 4 rings (SSSR count). The van der Waals surface area contributed by atoms with Gasteiger partial charge in [-0.3, -0.25) is 23.6 Å². The van der Waals surface area contributed by atoms with Crippen molar-refractivity contribution in [3.05, 3.63) is 80.7 Å². The fourth-order valence-corrected chi connectivity index (χ4v) is 4.24. The number of carbonyl (C=O) groups is 1. The summed E-state index contributed by atoms with van der Waals surface area (Å²) in [6, 6.07) is 12.9. The van der Waals surface area contributed by atoms with Gasteiger partial charge in [-0.05, 0) is 36.8 Å². The summed E-state index contributed by atoms with van der Waals surface area (Å²) < 4.78 is 21.3. The van der Waals surface area contributed by atoms with E-state index in [1.807, 2.05) is 0 Å². The number of amides is 1. The van der Waals surface area contributed by atoms with E-state index in [9.17, 15) is 18.8 Å². The first-order valence-corrected chi connectivity index (χ1v) is 11.1. The molecule has 1 atom stereocenters. The molecule has 0 spiro atoms. The molecule has 3 aromatic rings. The van der Waals surface area contributed by atoms with E-state index in [4.69, 9.17) is 4.74 Å². The van der Waals surface area contributed by atoms with Gasteiger partial charge in [-0.25, -0.2) is 9.18 Å². The van der Waals surface area contributed by atoms with Crippen LogP contribution in [0.25, 0.3) is 10.9 Å². The second-order valence-electron chi connectivity index (χ2n) is 7.96. The van der Waals surface area contributed by atoms with E-state index < -0.39 is 5.69 Å². The SMILES string of the molecule is CCn1c(=O)c2ccccc2n(CC(=O)NC[C@@H](c2ccc(F)cc2)N2CCOCC2)c1=O. The van der Waals surface area contributed by atoms with Gasteiger partial charge in [0.05, 0.1) is 30.2 Å². The Morgan fingerprint density at radius 3 is 2.45 bits per heavy atom. The number of para-hydroxylation sites is 1. The van der Waals surface area contributed by atoms with Crippen LogP contribution in [0.2, 0.25) is 0 Å². The first kappa shape index (κ1) is 22.9. The molecule has 0 bridgehead atoms. The molecular weight excluding hydrogens is 427 g/mol. The number of carbonyl (C=O) groups excluding carboxylic acids is 1. The van der Waals surface area contributed by atoms with Crippen LogP contribution >= 0.6 is 0 Å². The molecule has 1 amide bonds. The van der Waals surface area contributed by atoms with Crippen molar-refractivity contribution < 1.29 is 13.9 Å². The standard InChI is InChI=1S/C24H27FN4O4/c1-2-28-23(31)19-5-3-4-6-20(19)29(24(28)32)16-22(30)26-15-21(27-11-13-33-14-12-27)17-7-9-18(25)10-8-17/h3-10,21H,2,11-16H2,1H3,(H,26,30)/t21-/m0/s1. The Morgan fingerprint density at radius 1 is 1.06 bits per heavy atom. The Bertz CT molecular complexity index is 1250. The summed E-state index contributed by atoms with van der Waals surface area (Å²) in [5, 5.41) is 3.32. The molecule has 0 saturated carbocycles. The summed E-state index contributed by atoms with van der Waals surface area (Å²) >= 11 is 0. The van der Waals surface area contributed by atoms with Crippen LogP contribution in [0.4, 0.5) is 4.39 Å². The Kier molecular flexibility index (Phi) is 7.00. The van der Waals surface area contributed by atoms with Crippen LogP contribution in [-0.4, -0.2) is 52.8 Å². The van der Waals surface area contributed by atoms with Crippen molar-refractivity contribution in [2.45, 2.75) is 26.1 Å². The monoisotopic (exact) mass is 454 g/mol. The molecule has 2 aromatic carbocycles. The minimum atomic E-state index is -0.514. The van der Waals surface area contributed by atoms with Gasteiger partial charge in [0, 0.05) is 26.2 Å². The molecule has 33 heavy (non-hydrogen) atoms. The third kappa shape index (κ3) is 4.89. The van der Waals surface area contributed by atoms with E-state index in [2.05, 4.69) is 10.2 Å². The molecule has 1 aliphatic heterocycles. The highest BCUT2D eigenvalue weighted by Gasteiger charge is 2.24. The van der Waals surface area contributed by atoms with Crippen LogP contribution in [0.3, 0.4) is 0 Å². The van der Waals surface area contributed by atoms with Gasteiger partial charge in [0.25, 0.3) is 5.56 Å². The molecule has 1 fully saturated rings. The molecule has 174 valence electrons. The number of fused-ring (bicyclic) bond motifs is 1. The van der Waals surface area contributed by atoms with Gasteiger partial charge in [0.15, 0.2) is 0 Å². The number of morpholine rings is 1. The summed E-state index contributed by atoms with van der Waals surface area (Å²) in [6.07, 6.45) is 0. The smallest absolute Gasteiger partial charge is 0.331 e. The molecule has 8 nitrogen and oxygen atoms in total. The predicted octanol–water partition coefficient (Wildman–Crippen LogP) is 1.51. The Labute approximate surface area is 190 Å². The second-order valence-corrected chi connectivity index (χ2v) is 7.96. The lowest BCUT2D eigenvalue weighted by molar-refractivity contribution is -0.122. The van der Waals surface area contributed by atoms with Crippen LogP contribution in [0.15, 0.2) is 58.1 Å². The fraction of sp³-hybridized carbons (Fsp3) is 0.375. The van der Waals surface area contributed by atoms with Crippen molar-refractivity contribution in [2.75, 3.05) is 32.8 Å². The lowest BCUT2D eigenvalue weighted by Crippen LogP contribution is -2.45. The zero-order valence-electron chi connectivity index (χ0n) is 18.5. The Hall–Kier alpha value is -3.30. The summed E-state index contributed by atoms with van der Waals surface area (Å²) in [6.45, 7) is 4.60. The number of rotatable bonds is 7. The van der Waals surface area contributed by atoms with Crippen molar-refractivity contribution in [1.82, 2.24) is 19.4 Å². The first-order valence-electron chi connectivity index (χ1n) is 11.1. The van der Waals surface area contributed by atoms with E-state index in [0.29, 0.717) is 43.8 Å². The van der Waals surface area contributed by atoms with Gasteiger partial charge in [-0.1, -0.05) is 24.3 Å². The van der Waals surface area contributed by atoms with Crippen molar-refractivity contribution in [3.8, 4) is 0 Å². The van der Waals surface area contributed by atoms with Gasteiger partial charge in [0.1, 0.15) is 12.4 Å². The van der Waals surface area contributed by atoms with Crippen molar-refractivity contribution in [3.63, 3.8) is 0 Å². The number of halogens is 1. The van der Waals surface area contributed by atoms with Crippen LogP contribution < -0.4 is 16.6 Å². The molecule has 0 aliphatic carbocycles. The van der Waals surface area contributed by atoms with Crippen molar-refractivity contribution >= 4 is 16.8 Å². The highest BCUT2D eigenvalue weighted by molar-refractivity contribution is 5.81. The number of nitrogens with zero attached hydrogens (tertiary/aromatic N) is 3. The summed E-state index contributed by atoms with van der Waals surface area (Å²) in [4.78, 5) is 40.6. The predicted molar refractivity (Wildman–Crippen MR) is 123 cm³/mol. The maximum atomic E-state index is 13.4. The number of aromatic nitrogens is 2. The molecule has 1 saturated heterocycles. The number of ether oxygens (including phenoxy) is 1. The number of nitrogens with one attached hydrogen (secondary N) is 1. The van der Waals surface area contributed by atoms with Gasteiger partial charge < -0.3 is 10.1 Å². The molecule has 1 aliphatic rings. The number of benzene rings is 2. The van der Waals surface area contributed by atoms with Gasteiger partial charge in [0.2, 0.25) is 5.91 Å². The minimum Gasteiger partial charge on any atom is -0.379 e. The maximum absolute atomic E-state index is 13.4. The minimum absolute atomic E-state index is 0.156. The molecule has 1 N–H and O–H groups in total. The average Bonchev–Trinajstić information content (AvgIpc) is 2.84. The lowest BCUT2D eigenvalue weighted by Gasteiger charge is -2.35. The third-order valence-corrected chi connectivity index (χ3v) is 5.98. The fourth-order valence-electron chi connectivity index (χ4n) is 4.24. The Balaban J connectivity index is 1.56. The molecule has 2 heterocycles. The van der Waals surface area contributed by atoms with Gasteiger partial charge in [-0.2, -0.15) is 0 Å². The molecular formula is C24H27FN4O4. The van der Waals surface area contributed by atoms with Gasteiger partial charge >= 0.3 is 5.69 Å². The van der Waals surface area contributed by atoms with E-state index in [0.717, 1.165) is 10.1 Å². The normalized spacial score (nSPS) is 15.5. The van der Waals surface area contributed by atoms with E-state index in [1.165, 1.54) is 16.7 Å². The molecule has 0 radical (unpaired) electrons. The highest BCUT2D eigenvalue weighted by atomic mass is 19.1. The first-order chi connectivity index (χ1) is 16.0. The maximum Gasteiger partial charge on any atom is 0.331 e. The van der Waals surface area contributed by atoms with Crippen molar-refractivity contribution in [2.24, 2.45) is 0 Å².